The number of aliphatic carboxylic acids is 1. The van der Waals surface area contributed by atoms with Gasteiger partial charge < -0.3 is 19.0 Å². The summed E-state index contributed by atoms with van der Waals surface area (Å²) in [7, 11) is 0. The van der Waals surface area contributed by atoms with Crippen LogP contribution < -0.4 is 9.47 Å². The summed E-state index contributed by atoms with van der Waals surface area (Å²) in [6.07, 6.45) is 4.08. The molecule has 1 heterocycles. The average Bonchev–Trinajstić information content (AvgIpc) is 3.14. The van der Waals surface area contributed by atoms with Gasteiger partial charge in [0.1, 0.15) is 17.3 Å². The van der Waals surface area contributed by atoms with Crippen molar-refractivity contribution in [2.45, 2.75) is 52.9 Å². The molecule has 32 heavy (non-hydrogen) atoms. The summed E-state index contributed by atoms with van der Waals surface area (Å²) < 4.78 is 17.6. The Morgan fingerprint density at radius 1 is 1.00 bits per heavy atom. The van der Waals surface area contributed by atoms with Crippen molar-refractivity contribution in [3.63, 3.8) is 0 Å². The van der Waals surface area contributed by atoms with Crippen LogP contribution in [0.3, 0.4) is 0 Å². The van der Waals surface area contributed by atoms with Gasteiger partial charge in [0.25, 0.3) is 0 Å². The average molecular weight is 438 g/mol. The predicted molar refractivity (Wildman–Crippen MR) is 123 cm³/mol. The van der Waals surface area contributed by atoms with Crippen molar-refractivity contribution < 1.29 is 23.8 Å². The third-order valence-electron chi connectivity index (χ3n) is 5.12. The molecule has 0 aliphatic carbocycles. The highest BCUT2D eigenvalue weighted by Crippen LogP contribution is 2.32. The molecule has 1 aromatic heterocycles. The van der Waals surface area contributed by atoms with Crippen molar-refractivity contribution in [2.24, 2.45) is 0 Å². The molecule has 0 amide bonds. The monoisotopic (exact) mass is 437 g/mol. The van der Waals surface area contributed by atoms with Crippen molar-refractivity contribution in [1.82, 2.24) is 4.98 Å². The zero-order valence-electron chi connectivity index (χ0n) is 19.0. The van der Waals surface area contributed by atoms with Crippen molar-refractivity contribution in [3.8, 4) is 23.0 Å². The van der Waals surface area contributed by atoms with Gasteiger partial charge in [-0.2, -0.15) is 0 Å². The van der Waals surface area contributed by atoms with Crippen molar-refractivity contribution >= 4 is 5.97 Å². The number of aryl methyl sites for hydroxylation is 3. The van der Waals surface area contributed by atoms with Crippen LogP contribution in [0.1, 0.15) is 49.3 Å². The highest BCUT2D eigenvalue weighted by atomic mass is 16.5. The largest absolute Gasteiger partial charge is 0.493 e. The second-order valence-corrected chi connectivity index (χ2v) is 7.74. The van der Waals surface area contributed by atoms with Crippen LogP contribution in [0.2, 0.25) is 0 Å². The first-order valence-corrected chi connectivity index (χ1v) is 11.2. The van der Waals surface area contributed by atoms with E-state index in [4.69, 9.17) is 19.0 Å². The molecule has 0 saturated heterocycles. The maximum atomic E-state index is 11.0. The summed E-state index contributed by atoms with van der Waals surface area (Å²) in [5, 5.41) is 9.03. The van der Waals surface area contributed by atoms with Crippen LogP contribution >= 0.6 is 0 Å². The quantitative estimate of drug-likeness (QED) is 0.395. The Bertz CT molecular complexity index is 999. The molecule has 3 rings (SSSR count). The first-order chi connectivity index (χ1) is 15.5. The van der Waals surface area contributed by atoms with Crippen LogP contribution in [0, 0.1) is 6.92 Å². The second kappa shape index (κ2) is 11.4. The normalized spacial score (nSPS) is 10.8. The number of rotatable bonds is 12. The molecule has 0 atom stereocenters. The SMILES string of the molecule is CCCc1cc(OCCc2nc(-c3ccccc3)oc2C)cc(CCC)c1OCC(=O)O. The fourth-order valence-corrected chi connectivity index (χ4v) is 3.66. The van der Waals surface area contributed by atoms with Crippen LogP contribution in [0.5, 0.6) is 11.5 Å². The molecule has 0 radical (unpaired) electrons. The van der Waals surface area contributed by atoms with Crippen molar-refractivity contribution in [1.29, 1.82) is 0 Å². The van der Waals surface area contributed by atoms with Gasteiger partial charge in [0.2, 0.25) is 5.89 Å². The van der Waals surface area contributed by atoms with E-state index in [9.17, 15) is 4.79 Å². The zero-order valence-corrected chi connectivity index (χ0v) is 19.0. The van der Waals surface area contributed by atoms with Crippen molar-refractivity contribution in [2.75, 3.05) is 13.2 Å². The van der Waals surface area contributed by atoms with Gasteiger partial charge >= 0.3 is 5.97 Å². The number of ether oxygens (including phenoxy) is 2. The van der Waals surface area contributed by atoms with Crippen LogP contribution in [0.4, 0.5) is 0 Å². The number of carbonyl (C=O) groups is 1. The van der Waals surface area contributed by atoms with Gasteiger partial charge in [-0.15, -0.1) is 0 Å². The van der Waals surface area contributed by atoms with E-state index in [2.05, 4.69) is 18.8 Å². The summed E-state index contributed by atoms with van der Waals surface area (Å²) >= 11 is 0. The maximum Gasteiger partial charge on any atom is 0.341 e. The van der Waals surface area contributed by atoms with Crippen LogP contribution in [0.25, 0.3) is 11.5 Å². The van der Waals surface area contributed by atoms with Crippen LogP contribution in [-0.2, 0) is 24.1 Å². The lowest BCUT2D eigenvalue weighted by Gasteiger charge is -2.17. The maximum absolute atomic E-state index is 11.0. The molecule has 3 aromatic rings. The summed E-state index contributed by atoms with van der Waals surface area (Å²) in [4.78, 5) is 15.6. The van der Waals surface area contributed by atoms with E-state index in [1.54, 1.807) is 0 Å². The standard InChI is InChI=1S/C26H31NO5/c1-4-9-20-15-22(16-21(10-5-2)25(20)31-17-24(28)29)30-14-13-23-18(3)32-26(27-23)19-11-7-6-8-12-19/h6-8,11-12,15-16H,4-5,9-10,13-14,17H2,1-3H3,(H,28,29). The second-order valence-electron chi connectivity index (χ2n) is 7.74. The molecule has 2 aromatic carbocycles. The minimum absolute atomic E-state index is 0.344. The molecule has 0 aliphatic rings. The van der Waals surface area contributed by atoms with E-state index >= 15 is 0 Å². The number of carboxylic acid groups (broad SMARTS) is 1. The van der Waals surface area contributed by atoms with Gasteiger partial charge in [0.15, 0.2) is 6.61 Å². The van der Waals surface area contributed by atoms with E-state index in [-0.39, 0.29) is 6.61 Å². The van der Waals surface area contributed by atoms with E-state index in [1.807, 2.05) is 49.4 Å². The smallest absolute Gasteiger partial charge is 0.341 e. The molecule has 6 heteroatoms. The Morgan fingerprint density at radius 3 is 2.25 bits per heavy atom. The van der Waals surface area contributed by atoms with Gasteiger partial charge in [-0.3, -0.25) is 0 Å². The third-order valence-corrected chi connectivity index (χ3v) is 5.12. The fraction of sp³-hybridized carbons (Fsp3) is 0.385. The first kappa shape index (κ1) is 23.4. The summed E-state index contributed by atoms with van der Waals surface area (Å²) in [5.41, 5.74) is 3.80. The summed E-state index contributed by atoms with van der Waals surface area (Å²) in [6, 6.07) is 13.8. The van der Waals surface area contributed by atoms with Crippen molar-refractivity contribution in [3.05, 3.63) is 65.0 Å². The summed E-state index contributed by atoms with van der Waals surface area (Å²) in [5.74, 6) is 1.89. The van der Waals surface area contributed by atoms with E-state index in [0.717, 1.165) is 59.6 Å². The molecule has 0 aliphatic heterocycles. The van der Waals surface area contributed by atoms with E-state index in [1.165, 1.54) is 0 Å². The molecule has 170 valence electrons. The number of oxazole rings is 1. The summed E-state index contributed by atoms with van der Waals surface area (Å²) in [6.45, 7) is 6.22. The minimum atomic E-state index is -0.979. The molecule has 0 fully saturated rings. The Labute approximate surface area is 189 Å². The zero-order chi connectivity index (χ0) is 22.9. The molecule has 0 spiro atoms. The number of hydrogen-bond acceptors (Lipinski definition) is 5. The van der Waals surface area contributed by atoms with Gasteiger partial charge in [-0.05, 0) is 55.2 Å². The van der Waals surface area contributed by atoms with Crippen LogP contribution in [0.15, 0.2) is 46.9 Å². The lowest BCUT2D eigenvalue weighted by molar-refractivity contribution is -0.139. The molecule has 0 saturated carbocycles. The third kappa shape index (κ3) is 6.13. The molecule has 0 unspecified atom stereocenters. The Kier molecular flexibility index (Phi) is 8.31. The van der Waals surface area contributed by atoms with Gasteiger partial charge in [-0.25, -0.2) is 9.78 Å². The number of benzene rings is 2. The highest BCUT2D eigenvalue weighted by molar-refractivity contribution is 5.68. The van der Waals surface area contributed by atoms with Gasteiger partial charge in [0, 0.05) is 12.0 Å². The van der Waals surface area contributed by atoms with Crippen LogP contribution in [-0.4, -0.2) is 29.3 Å². The van der Waals surface area contributed by atoms with E-state index < -0.39 is 5.97 Å². The first-order valence-electron chi connectivity index (χ1n) is 11.2. The Hall–Kier alpha value is -3.28. The number of nitrogens with zero attached hydrogens (tertiary/aromatic N) is 1. The molecule has 1 N–H and O–H groups in total. The fourth-order valence-electron chi connectivity index (χ4n) is 3.66. The number of aromatic nitrogens is 1. The number of hydrogen-bond donors (Lipinski definition) is 1. The lowest BCUT2D eigenvalue weighted by atomic mass is 10.0. The molecule has 6 nitrogen and oxygen atoms in total. The Balaban J connectivity index is 1.73. The number of carboxylic acids is 1. The highest BCUT2D eigenvalue weighted by Gasteiger charge is 2.15. The molecular formula is C26H31NO5. The van der Waals surface area contributed by atoms with Gasteiger partial charge in [0.05, 0.1) is 12.3 Å². The topological polar surface area (TPSA) is 81.8 Å². The molecule has 0 bridgehead atoms. The lowest BCUT2D eigenvalue weighted by Crippen LogP contribution is -2.12. The van der Waals surface area contributed by atoms with Gasteiger partial charge in [-0.1, -0.05) is 44.9 Å². The minimum Gasteiger partial charge on any atom is -0.493 e. The van der Waals surface area contributed by atoms with E-state index in [0.29, 0.717) is 24.7 Å². The Morgan fingerprint density at radius 2 is 1.66 bits per heavy atom. The molecular weight excluding hydrogens is 406 g/mol. The predicted octanol–water partition coefficient (Wildman–Crippen LogP) is 5.64.